The van der Waals surface area contributed by atoms with E-state index in [1.54, 1.807) is 24.3 Å². The molecule has 0 bridgehead atoms. The van der Waals surface area contributed by atoms with Crippen LogP contribution >= 0.6 is 0 Å². The number of hydrogen-bond acceptors (Lipinski definition) is 8. The molecule has 0 amide bonds. The lowest BCUT2D eigenvalue weighted by Crippen LogP contribution is -2.16. The lowest BCUT2D eigenvalue weighted by molar-refractivity contribution is -0.384. The Balaban J connectivity index is 1.78. The van der Waals surface area contributed by atoms with Crippen LogP contribution in [0, 0.1) is 10.1 Å². The van der Waals surface area contributed by atoms with Crippen LogP contribution < -0.4 is 15.8 Å². The first-order valence-electron chi connectivity index (χ1n) is 8.39. The van der Waals surface area contributed by atoms with Gasteiger partial charge < -0.3 is 15.8 Å². The minimum absolute atomic E-state index is 0.0656. The Morgan fingerprint density at radius 1 is 1.25 bits per heavy atom. The molecule has 0 radical (unpaired) electrons. The van der Waals surface area contributed by atoms with Crippen molar-refractivity contribution in [2.24, 2.45) is 0 Å². The minimum Gasteiger partial charge on any atom is -0.491 e. The lowest BCUT2D eigenvalue weighted by Gasteiger charge is -2.10. The van der Waals surface area contributed by atoms with Crippen molar-refractivity contribution in [2.45, 2.75) is 20.0 Å². The van der Waals surface area contributed by atoms with E-state index in [1.807, 2.05) is 13.8 Å². The van der Waals surface area contributed by atoms with Gasteiger partial charge in [-0.3, -0.25) is 14.9 Å². The van der Waals surface area contributed by atoms with Crippen LogP contribution in [0.15, 0.2) is 48.5 Å². The summed E-state index contributed by atoms with van der Waals surface area (Å²) in [6, 6.07) is 12.4. The molecule has 144 valence electrons. The van der Waals surface area contributed by atoms with Crippen LogP contribution in [0.5, 0.6) is 5.75 Å². The number of hydrogen-bond donors (Lipinski definition) is 2. The highest BCUT2D eigenvalue weighted by molar-refractivity contribution is 5.97. The average Bonchev–Trinajstić information content (AvgIpc) is 3.02. The van der Waals surface area contributed by atoms with Crippen molar-refractivity contribution in [1.29, 1.82) is 0 Å². The molecule has 0 aliphatic heterocycles. The average molecular weight is 382 g/mol. The molecule has 0 saturated heterocycles. The van der Waals surface area contributed by atoms with E-state index < -0.39 is 10.8 Å². The molecular formula is C18H18N6O4. The van der Waals surface area contributed by atoms with E-state index in [2.05, 4.69) is 15.4 Å². The monoisotopic (exact) mass is 382 g/mol. The first-order chi connectivity index (χ1) is 13.3. The number of carbonyl (C=O) groups is 1. The largest absolute Gasteiger partial charge is 0.491 e. The zero-order chi connectivity index (χ0) is 20.3. The summed E-state index contributed by atoms with van der Waals surface area (Å²) in [7, 11) is 0. The third-order valence-corrected chi connectivity index (χ3v) is 3.61. The fourth-order valence-corrected chi connectivity index (χ4v) is 2.42. The molecule has 3 rings (SSSR count). The second kappa shape index (κ2) is 7.74. The van der Waals surface area contributed by atoms with E-state index in [4.69, 9.17) is 10.5 Å². The second-order valence-electron chi connectivity index (χ2n) is 6.13. The summed E-state index contributed by atoms with van der Waals surface area (Å²) in [5.74, 6) is 0.0782. The predicted molar refractivity (Wildman–Crippen MR) is 103 cm³/mol. The number of nitrogen functional groups attached to an aromatic ring is 1. The van der Waals surface area contributed by atoms with Crippen LogP contribution in [0.25, 0.3) is 0 Å². The van der Waals surface area contributed by atoms with Crippen molar-refractivity contribution in [1.82, 2.24) is 14.8 Å². The first-order valence-corrected chi connectivity index (χ1v) is 8.39. The standard InChI is InChI=1S/C18H18N6O4/c1-11(2)28-15-8-6-13(7-9-15)20-18-21-17(19)23(22-18)16(25)12-4-3-5-14(10-12)24(26)27/h3-11H,1-2H3,(H3,19,20,21,22). The molecular weight excluding hydrogens is 364 g/mol. The molecule has 0 atom stereocenters. The highest BCUT2D eigenvalue weighted by Crippen LogP contribution is 2.20. The number of carbonyl (C=O) groups excluding carboxylic acids is 1. The van der Waals surface area contributed by atoms with E-state index in [0.717, 1.165) is 16.5 Å². The summed E-state index contributed by atoms with van der Waals surface area (Å²) in [6.45, 7) is 3.87. The highest BCUT2D eigenvalue weighted by atomic mass is 16.6. The van der Waals surface area contributed by atoms with E-state index in [0.29, 0.717) is 5.69 Å². The zero-order valence-corrected chi connectivity index (χ0v) is 15.2. The summed E-state index contributed by atoms with van der Waals surface area (Å²) in [6.07, 6.45) is 0.0656. The number of benzene rings is 2. The van der Waals surface area contributed by atoms with E-state index in [9.17, 15) is 14.9 Å². The zero-order valence-electron chi connectivity index (χ0n) is 15.2. The SMILES string of the molecule is CC(C)Oc1ccc(Nc2nc(N)n(C(=O)c3cccc([N+](=O)[O-])c3)n2)cc1. The Kier molecular flexibility index (Phi) is 5.21. The molecule has 3 aromatic rings. The van der Waals surface area contributed by atoms with Crippen LogP contribution in [0.2, 0.25) is 0 Å². The quantitative estimate of drug-likeness (QED) is 0.490. The third kappa shape index (κ3) is 4.23. The van der Waals surface area contributed by atoms with Gasteiger partial charge >= 0.3 is 0 Å². The molecule has 2 aromatic carbocycles. The number of ether oxygens (including phenoxy) is 1. The fraction of sp³-hybridized carbons (Fsp3) is 0.167. The van der Waals surface area contributed by atoms with Gasteiger partial charge in [-0.15, -0.1) is 5.10 Å². The van der Waals surface area contributed by atoms with Crippen molar-refractivity contribution in [3.63, 3.8) is 0 Å². The van der Waals surface area contributed by atoms with Crippen LogP contribution in [-0.2, 0) is 0 Å². The van der Waals surface area contributed by atoms with Crippen molar-refractivity contribution in [3.05, 3.63) is 64.2 Å². The number of nitrogens with one attached hydrogen (secondary N) is 1. The number of nitrogens with two attached hydrogens (primary N) is 1. The van der Waals surface area contributed by atoms with E-state index in [1.165, 1.54) is 18.2 Å². The van der Waals surface area contributed by atoms with Gasteiger partial charge in [-0.1, -0.05) is 6.07 Å². The first kappa shape index (κ1) is 18.8. The van der Waals surface area contributed by atoms with Gasteiger partial charge in [0.25, 0.3) is 11.6 Å². The second-order valence-corrected chi connectivity index (χ2v) is 6.13. The molecule has 0 aliphatic rings. The number of non-ortho nitro benzene ring substituents is 1. The van der Waals surface area contributed by atoms with Crippen molar-refractivity contribution < 1.29 is 14.5 Å². The van der Waals surface area contributed by atoms with Gasteiger partial charge in [0, 0.05) is 23.4 Å². The van der Waals surface area contributed by atoms with Crippen LogP contribution in [-0.4, -0.2) is 31.7 Å². The van der Waals surface area contributed by atoms with E-state index >= 15 is 0 Å². The predicted octanol–water partition coefficient (Wildman–Crippen LogP) is 2.99. The maximum Gasteiger partial charge on any atom is 0.281 e. The highest BCUT2D eigenvalue weighted by Gasteiger charge is 2.18. The Bertz CT molecular complexity index is 1010. The summed E-state index contributed by atoms with van der Waals surface area (Å²) in [5, 5.41) is 17.9. The molecule has 10 heteroatoms. The van der Waals surface area contributed by atoms with Gasteiger partial charge in [-0.25, -0.2) is 0 Å². The van der Waals surface area contributed by atoms with Gasteiger partial charge in [0.05, 0.1) is 11.0 Å². The molecule has 0 saturated carbocycles. The molecule has 28 heavy (non-hydrogen) atoms. The summed E-state index contributed by atoms with van der Waals surface area (Å²) in [5.41, 5.74) is 6.34. The summed E-state index contributed by atoms with van der Waals surface area (Å²) < 4.78 is 6.46. The van der Waals surface area contributed by atoms with Gasteiger partial charge in [0.2, 0.25) is 11.9 Å². The number of anilines is 3. The molecule has 0 fully saturated rings. The van der Waals surface area contributed by atoms with Gasteiger partial charge in [-0.05, 0) is 44.2 Å². The maximum atomic E-state index is 12.6. The van der Waals surface area contributed by atoms with Gasteiger partial charge in [-0.2, -0.15) is 9.67 Å². The van der Waals surface area contributed by atoms with Gasteiger partial charge in [0.15, 0.2) is 0 Å². The topological polar surface area (TPSA) is 138 Å². The molecule has 0 aliphatic carbocycles. The maximum absolute atomic E-state index is 12.6. The Morgan fingerprint density at radius 3 is 2.61 bits per heavy atom. The Hall–Kier alpha value is -3.95. The molecule has 0 spiro atoms. The smallest absolute Gasteiger partial charge is 0.281 e. The lowest BCUT2D eigenvalue weighted by atomic mass is 10.2. The number of nitro groups is 1. The van der Waals surface area contributed by atoms with Crippen molar-refractivity contribution in [2.75, 3.05) is 11.1 Å². The van der Waals surface area contributed by atoms with Crippen LogP contribution in [0.3, 0.4) is 0 Å². The fourth-order valence-electron chi connectivity index (χ4n) is 2.42. The van der Waals surface area contributed by atoms with Crippen LogP contribution in [0.4, 0.5) is 23.3 Å². The number of aromatic nitrogens is 3. The third-order valence-electron chi connectivity index (χ3n) is 3.61. The molecule has 1 heterocycles. The summed E-state index contributed by atoms with van der Waals surface area (Å²) >= 11 is 0. The number of nitro benzene ring substituents is 1. The Morgan fingerprint density at radius 2 is 1.96 bits per heavy atom. The Labute approximate surface area is 160 Å². The van der Waals surface area contributed by atoms with E-state index in [-0.39, 0.29) is 29.3 Å². The molecule has 0 unspecified atom stereocenters. The van der Waals surface area contributed by atoms with Crippen molar-refractivity contribution in [3.8, 4) is 5.75 Å². The van der Waals surface area contributed by atoms with Gasteiger partial charge in [0.1, 0.15) is 5.75 Å². The minimum atomic E-state index is -0.623. The number of rotatable bonds is 6. The molecule has 1 aromatic heterocycles. The normalized spacial score (nSPS) is 10.7. The molecule has 3 N–H and O–H groups in total. The summed E-state index contributed by atoms with van der Waals surface area (Å²) in [4.78, 5) is 26.9. The van der Waals surface area contributed by atoms with Crippen molar-refractivity contribution >= 4 is 29.2 Å². The van der Waals surface area contributed by atoms with Crippen LogP contribution in [0.1, 0.15) is 24.2 Å². The molecule has 10 nitrogen and oxygen atoms in total. The number of nitrogens with zero attached hydrogens (tertiary/aromatic N) is 4.